The third kappa shape index (κ3) is 3.79. The first-order chi connectivity index (χ1) is 8.39. The standard InChI is InChI=1S/C11H14ClFN2O2S.ClH/c1-8-7-15(3-2-14-8)18(16,17)11-5-9(12)4-10(13)6-11;/h4-6,8,14H,2-3,7H2,1H3;1H. The highest BCUT2D eigenvalue weighted by atomic mass is 35.5. The zero-order valence-electron chi connectivity index (χ0n) is 10.3. The third-order valence-corrected chi connectivity index (χ3v) is 4.87. The molecule has 1 heterocycles. The van der Waals surface area contributed by atoms with Crippen LogP contribution in [0.5, 0.6) is 0 Å². The van der Waals surface area contributed by atoms with Gasteiger partial charge in [-0.15, -0.1) is 12.4 Å². The molecule has 0 saturated carbocycles. The minimum atomic E-state index is -3.67. The van der Waals surface area contributed by atoms with Gasteiger partial charge in [-0.05, 0) is 25.1 Å². The van der Waals surface area contributed by atoms with Crippen LogP contribution >= 0.6 is 24.0 Å². The summed E-state index contributed by atoms with van der Waals surface area (Å²) in [7, 11) is -3.67. The fraction of sp³-hybridized carbons (Fsp3) is 0.455. The van der Waals surface area contributed by atoms with Gasteiger partial charge < -0.3 is 5.32 Å². The summed E-state index contributed by atoms with van der Waals surface area (Å²) in [6.07, 6.45) is 0. The van der Waals surface area contributed by atoms with Crippen molar-refractivity contribution in [3.8, 4) is 0 Å². The Labute approximate surface area is 123 Å². The molecule has 19 heavy (non-hydrogen) atoms. The van der Waals surface area contributed by atoms with Crippen molar-refractivity contribution in [3.63, 3.8) is 0 Å². The molecule has 0 amide bonds. The van der Waals surface area contributed by atoms with E-state index < -0.39 is 15.8 Å². The van der Waals surface area contributed by atoms with Gasteiger partial charge in [0.05, 0.1) is 4.90 Å². The number of piperazine rings is 1. The summed E-state index contributed by atoms with van der Waals surface area (Å²) in [4.78, 5) is -0.0957. The average molecular weight is 329 g/mol. The molecule has 0 aromatic heterocycles. The Bertz CT molecular complexity index is 533. The van der Waals surface area contributed by atoms with Crippen LogP contribution in [0.25, 0.3) is 0 Å². The van der Waals surface area contributed by atoms with Gasteiger partial charge in [0.2, 0.25) is 10.0 Å². The maximum atomic E-state index is 13.2. The summed E-state index contributed by atoms with van der Waals surface area (Å²) < 4.78 is 39.2. The maximum Gasteiger partial charge on any atom is 0.243 e. The van der Waals surface area contributed by atoms with Crippen LogP contribution in [-0.4, -0.2) is 38.4 Å². The monoisotopic (exact) mass is 328 g/mol. The van der Waals surface area contributed by atoms with Crippen molar-refractivity contribution in [2.24, 2.45) is 0 Å². The molecule has 8 heteroatoms. The largest absolute Gasteiger partial charge is 0.312 e. The van der Waals surface area contributed by atoms with Crippen LogP contribution in [0.15, 0.2) is 23.1 Å². The summed E-state index contributed by atoms with van der Waals surface area (Å²) in [5.41, 5.74) is 0. The summed E-state index contributed by atoms with van der Waals surface area (Å²) in [5, 5.41) is 3.23. The van der Waals surface area contributed by atoms with Crippen LogP contribution in [-0.2, 0) is 10.0 Å². The van der Waals surface area contributed by atoms with Gasteiger partial charge in [0, 0.05) is 30.7 Å². The first-order valence-corrected chi connectivity index (χ1v) is 7.41. The van der Waals surface area contributed by atoms with E-state index in [4.69, 9.17) is 11.6 Å². The molecule has 1 saturated heterocycles. The quantitative estimate of drug-likeness (QED) is 0.901. The molecule has 1 atom stereocenters. The van der Waals surface area contributed by atoms with E-state index in [0.29, 0.717) is 19.6 Å². The normalized spacial score (nSPS) is 20.9. The lowest BCUT2D eigenvalue weighted by Gasteiger charge is -2.31. The van der Waals surface area contributed by atoms with Gasteiger partial charge >= 0.3 is 0 Å². The molecule has 0 radical (unpaired) electrons. The smallest absolute Gasteiger partial charge is 0.243 e. The van der Waals surface area contributed by atoms with Gasteiger partial charge in [-0.25, -0.2) is 12.8 Å². The van der Waals surface area contributed by atoms with E-state index in [9.17, 15) is 12.8 Å². The van der Waals surface area contributed by atoms with E-state index in [1.165, 1.54) is 10.4 Å². The first kappa shape index (κ1) is 16.7. The number of halogens is 3. The number of nitrogens with one attached hydrogen (secondary N) is 1. The molecule has 1 aromatic carbocycles. The third-order valence-electron chi connectivity index (χ3n) is 2.81. The van der Waals surface area contributed by atoms with E-state index >= 15 is 0 Å². The van der Waals surface area contributed by atoms with Gasteiger partial charge in [-0.2, -0.15) is 4.31 Å². The van der Waals surface area contributed by atoms with Crippen LogP contribution in [0.1, 0.15) is 6.92 Å². The summed E-state index contributed by atoms with van der Waals surface area (Å²) in [6, 6.07) is 3.43. The summed E-state index contributed by atoms with van der Waals surface area (Å²) in [5.74, 6) is -0.649. The Balaban J connectivity index is 0.00000180. The molecule has 108 valence electrons. The lowest BCUT2D eigenvalue weighted by Crippen LogP contribution is -2.51. The zero-order valence-corrected chi connectivity index (χ0v) is 12.7. The lowest BCUT2D eigenvalue weighted by molar-refractivity contribution is 0.310. The molecule has 1 fully saturated rings. The Hall–Kier alpha value is -0.400. The fourth-order valence-corrected chi connectivity index (χ4v) is 3.82. The molecular formula is C11H15Cl2FN2O2S. The van der Waals surface area contributed by atoms with E-state index in [2.05, 4.69) is 5.32 Å². The molecule has 1 unspecified atom stereocenters. The second-order valence-electron chi connectivity index (χ2n) is 4.32. The molecular weight excluding hydrogens is 314 g/mol. The van der Waals surface area contributed by atoms with Crippen molar-refractivity contribution < 1.29 is 12.8 Å². The number of sulfonamides is 1. The lowest BCUT2D eigenvalue weighted by atomic mass is 10.3. The van der Waals surface area contributed by atoms with E-state index in [0.717, 1.165) is 12.1 Å². The SMILES string of the molecule is CC1CN(S(=O)(=O)c2cc(F)cc(Cl)c2)CCN1.Cl. The zero-order chi connectivity index (χ0) is 13.3. The second-order valence-corrected chi connectivity index (χ2v) is 6.70. The molecule has 0 spiro atoms. The van der Waals surface area contributed by atoms with Crippen LogP contribution in [0.2, 0.25) is 5.02 Å². The highest BCUT2D eigenvalue weighted by Crippen LogP contribution is 2.22. The van der Waals surface area contributed by atoms with Crippen molar-refractivity contribution >= 4 is 34.0 Å². The van der Waals surface area contributed by atoms with Gasteiger partial charge in [0.25, 0.3) is 0 Å². The minimum absolute atomic E-state index is 0. The Morgan fingerprint density at radius 1 is 1.42 bits per heavy atom. The van der Waals surface area contributed by atoms with Crippen molar-refractivity contribution in [3.05, 3.63) is 29.0 Å². The summed E-state index contributed by atoms with van der Waals surface area (Å²) in [6.45, 7) is 3.24. The minimum Gasteiger partial charge on any atom is -0.312 e. The Morgan fingerprint density at radius 3 is 2.68 bits per heavy atom. The van der Waals surface area contributed by atoms with Crippen LogP contribution in [0, 0.1) is 5.82 Å². The molecule has 1 aliphatic heterocycles. The predicted molar refractivity (Wildman–Crippen MR) is 74.9 cm³/mol. The number of rotatable bonds is 2. The van der Waals surface area contributed by atoms with Gasteiger partial charge in [-0.1, -0.05) is 11.6 Å². The van der Waals surface area contributed by atoms with Gasteiger partial charge in [0.1, 0.15) is 5.82 Å². The second kappa shape index (κ2) is 6.37. The maximum absolute atomic E-state index is 13.2. The topological polar surface area (TPSA) is 49.4 Å². The molecule has 1 aliphatic rings. The van der Waals surface area contributed by atoms with Crippen molar-refractivity contribution in [1.82, 2.24) is 9.62 Å². The van der Waals surface area contributed by atoms with E-state index in [1.54, 1.807) is 0 Å². The molecule has 0 aliphatic carbocycles. The van der Waals surface area contributed by atoms with Crippen LogP contribution < -0.4 is 5.32 Å². The Kier molecular flexibility index (Phi) is 5.58. The molecule has 1 aromatic rings. The van der Waals surface area contributed by atoms with Gasteiger partial charge in [-0.3, -0.25) is 0 Å². The number of hydrogen-bond donors (Lipinski definition) is 1. The van der Waals surface area contributed by atoms with E-state index in [-0.39, 0.29) is 28.4 Å². The fourth-order valence-electron chi connectivity index (χ4n) is 1.94. The van der Waals surface area contributed by atoms with Crippen LogP contribution in [0.3, 0.4) is 0 Å². The number of benzene rings is 1. The average Bonchev–Trinajstić information content (AvgIpc) is 2.27. The predicted octanol–water partition coefficient (Wildman–Crippen LogP) is 1.88. The van der Waals surface area contributed by atoms with E-state index in [1.807, 2.05) is 6.92 Å². The van der Waals surface area contributed by atoms with Gasteiger partial charge in [0.15, 0.2) is 0 Å². The molecule has 0 bridgehead atoms. The highest BCUT2D eigenvalue weighted by molar-refractivity contribution is 7.89. The molecule has 2 rings (SSSR count). The van der Waals surface area contributed by atoms with Crippen molar-refractivity contribution in [2.45, 2.75) is 17.9 Å². The summed E-state index contributed by atoms with van der Waals surface area (Å²) >= 11 is 5.69. The molecule has 4 nitrogen and oxygen atoms in total. The van der Waals surface area contributed by atoms with Crippen molar-refractivity contribution in [2.75, 3.05) is 19.6 Å². The Morgan fingerprint density at radius 2 is 2.11 bits per heavy atom. The van der Waals surface area contributed by atoms with Crippen LogP contribution in [0.4, 0.5) is 4.39 Å². The molecule has 1 N–H and O–H groups in total. The first-order valence-electron chi connectivity index (χ1n) is 5.59. The van der Waals surface area contributed by atoms with Crippen molar-refractivity contribution in [1.29, 1.82) is 0 Å². The number of nitrogens with zero attached hydrogens (tertiary/aromatic N) is 1. The number of hydrogen-bond acceptors (Lipinski definition) is 3. The highest BCUT2D eigenvalue weighted by Gasteiger charge is 2.28.